The lowest BCUT2D eigenvalue weighted by Gasteiger charge is -2.37. The molecule has 0 atom stereocenters. The maximum absolute atomic E-state index is 14.0. The molecule has 170 valence electrons. The summed E-state index contributed by atoms with van der Waals surface area (Å²) in [7, 11) is 0. The first-order valence-corrected chi connectivity index (χ1v) is 10.4. The zero-order valence-electron chi connectivity index (χ0n) is 17.8. The van der Waals surface area contributed by atoms with E-state index in [4.69, 9.17) is 10.00 Å². The van der Waals surface area contributed by atoms with E-state index in [1.807, 2.05) is 17.9 Å². The summed E-state index contributed by atoms with van der Waals surface area (Å²) in [5.74, 6) is 0.513. The molecule has 0 aliphatic carbocycles. The van der Waals surface area contributed by atoms with Crippen LogP contribution in [0.3, 0.4) is 0 Å². The van der Waals surface area contributed by atoms with E-state index in [2.05, 4.69) is 20.1 Å². The third-order valence-electron chi connectivity index (χ3n) is 5.30. The van der Waals surface area contributed by atoms with Gasteiger partial charge in [0.2, 0.25) is 5.91 Å². The highest BCUT2D eigenvalue weighted by Gasteiger charge is 2.24. The molecule has 1 N–H and O–H groups in total. The lowest BCUT2D eigenvalue weighted by Crippen LogP contribution is -2.54. The van der Waals surface area contributed by atoms with E-state index >= 15 is 0 Å². The molecule has 2 saturated heterocycles. The summed E-state index contributed by atoms with van der Waals surface area (Å²) in [6.07, 6.45) is 0. The molecule has 0 saturated carbocycles. The number of halogens is 2. The van der Waals surface area contributed by atoms with E-state index < -0.39 is 0 Å². The van der Waals surface area contributed by atoms with E-state index in [9.17, 15) is 9.18 Å². The van der Waals surface area contributed by atoms with Crippen LogP contribution in [0.4, 0.5) is 4.39 Å². The van der Waals surface area contributed by atoms with Crippen LogP contribution in [0.2, 0.25) is 0 Å². The molecule has 1 aromatic carbocycles. The Hall–Kier alpha value is -1.97. The van der Waals surface area contributed by atoms with Crippen LogP contribution < -0.4 is 5.32 Å². The van der Waals surface area contributed by atoms with Crippen LogP contribution in [0.25, 0.3) is 0 Å². The number of nitrogens with zero attached hydrogens (tertiary/aromatic N) is 5. The first kappa shape index (κ1) is 25.3. The zero-order valence-corrected chi connectivity index (χ0v) is 20.2. The molecule has 2 heterocycles. The summed E-state index contributed by atoms with van der Waals surface area (Å²) in [5.41, 5.74) is 0.823. The van der Waals surface area contributed by atoms with Crippen molar-refractivity contribution in [2.45, 2.75) is 13.5 Å². The Morgan fingerprint density at radius 3 is 2.55 bits per heavy atom. The molecule has 1 aromatic rings. The number of hydrogen-bond acceptors (Lipinski definition) is 5. The van der Waals surface area contributed by atoms with E-state index in [1.54, 1.807) is 0 Å². The fourth-order valence-electron chi connectivity index (χ4n) is 3.57. The highest BCUT2D eigenvalue weighted by molar-refractivity contribution is 14.0. The van der Waals surface area contributed by atoms with Gasteiger partial charge in [-0.25, -0.2) is 9.38 Å². The van der Waals surface area contributed by atoms with Crippen LogP contribution in [0.15, 0.2) is 23.2 Å². The van der Waals surface area contributed by atoms with Crippen molar-refractivity contribution in [3.8, 4) is 6.07 Å². The zero-order chi connectivity index (χ0) is 21.3. The normalized spacial score (nSPS) is 17.6. The topological polar surface area (TPSA) is 84.2 Å². The number of morpholine rings is 1. The maximum atomic E-state index is 14.0. The van der Waals surface area contributed by atoms with Gasteiger partial charge in [0.1, 0.15) is 5.82 Å². The second-order valence-electron chi connectivity index (χ2n) is 7.34. The molecule has 2 fully saturated rings. The number of hydrogen-bond donors (Lipinski definition) is 1. The molecule has 10 heteroatoms. The van der Waals surface area contributed by atoms with Crippen molar-refractivity contribution >= 4 is 35.8 Å². The lowest BCUT2D eigenvalue weighted by atomic mass is 10.1. The quantitative estimate of drug-likeness (QED) is 0.342. The smallest absolute Gasteiger partial charge is 0.236 e. The van der Waals surface area contributed by atoms with Crippen LogP contribution in [0.1, 0.15) is 18.1 Å². The van der Waals surface area contributed by atoms with Gasteiger partial charge in [-0.3, -0.25) is 9.69 Å². The standard InChI is InChI=1S/C21H29FN6O2.HI/c1-2-24-21(25-15-18-13-17(14-23)3-4-19(18)22)28-7-5-26(6-8-28)16-20(29)27-9-11-30-12-10-27;/h3-4,13H,2,5-12,15-16H2,1H3,(H,24,25);1H. The molecule has 0 aromatic heterocycles. The fourth-order valence-corrected chi connectivity index (χ4v) is 3.57. The number of ether oxygens (including phenoxy) is 1. The number of piperazine rings is 1. The Labute approximate surface area is 200 Å². The van der Waals surface area contributed by atoms with Crippen molar-refractivity contribution in [2.75, 3.05) is 65.6 Å². The van der Waals surface area contributed by atoms with Crippen molar-refractivity contribution in [3.63, 3.8) is 0 Å². The molecule has 2 aliphatic heterocycles. The number of benzene rings is 1. The highest BCUT2D eigenvalue weighted by Crippen LogP contribution is 2.12. The van der Waals surface area contributed by atoms with Gasteiger partial charge in [-0.1, -0.05) is 0 Å². The Morgan fingerprint density at radius 1 is 1.19 bits per heavy atom. The number of carbonyl (C=O) groups excluding carboxylic acids is 1. The first-order chi connectivity index (χ1) is 14.6. The summed E-state index contributed by atoms with van der Waals surface area (Å²) in [5, 5.41) is 12.3. The van der Waals surface area contributed by atoms with Crippen LogP contribution in [0.5, 0.6) is 0 Å². The van der Waals surface area contributed by atoms with Gasteiger partial charge in [-0.2, -0.15) is 5.26 Å². The molecule has 2 aliphatic rings. The predicted molar refractivity (Wildman–Crippen MR) is 127 cm³/mol. The average molecular weight is 544 g/mol. The third kappa shape index (κ3) is 7.29. The SMILES string of the molecule is CCNC(=NCc1cc(C#N)ccc1F)N1CCN(CC(=O)N2CCOCC2)CC1.I. The first-order valence-electron chi connectivity index (χ1n) is 10.4. The molecule has 0 bridgehead atoms. The second kappa shape index (κ2) is 12.8. The minimum absolute atomic E-state index is 0. The minimum atomic E-state index is -0.361. The Bertz CT molecular complexity index is 802. The summed E-state index contributed by atoms with van der Waals surface area (Å²) in [4.78, 5) is 23.2. The number of aliphatic imine (C=N–C) groups is 1. The molecular formula is C21H30FIN6O2. The Kier molecular flexibility index (Phi) is 10.4. The van der Waals surface area contributed by atoms with Crippen LogP contribution in [-0.4, -0.2) is 92.1 Å². The molecule has 1 amide bonds. The van der Waals surface area contributed by atoms with E-state index in [-0.39, 0.29) is 42.2 Å². The molecule has 0 unspecified atom stereocenters. The monoisotopic (exact) mass is 544 g/mol. The number of guanidine groups is 1. The number of carbonyl (C=O) groups is 1. The number of amides is 1. The Balaban J connectivity index is 0.00000341. The summed E-state index contributed by atoms with van der Waals surface area (Å²) in [6.45, 7) is 8.84. The van der Waals surface area contributed by atoms with E-state index in [0.29, 0.717) is 50.5 Å². The van der Waals surface area contributed by atoms with Crippen LogP contribution >= 0.6 is 24.0 Å². The maximum Gasteiger partial charge on any atom is 0.236 e. The largest absolute Gasteiger partial charge is 0.378 e. The molecular weight excluding hydrogens is 514 g/mol. The van der Waals surface area contributed by atoms with Crippen LogP contribution in [-0.2, 0) is 16.1 Å². The molecule has 0 spiro atoms. The third-order valence-corrected chi connectivity index (χ3v) is 5.30. The van der Waals surface area contributed by atoms with Gasteiger partial charge in [0, 0.05) is 51.4 Å². The van der Waals surface area contributed by atoms with Crippen LogP contribution in [0, 0.1) is 17.1 Å². The van der Waals surface area contributed by atoms with Gasteiger partial charge in [-0.15, -0.1) is 24.0 Å². The van der Waals surface area contributed by atoms with Gasteiger partial charge >= 0.3 is 0 Å². The van der Waals surface area contributed by atoms with E-state index in [0.717, 1.165) is 32.1 Å². The molecule has 8 nitrogen and oxygen atoms in total. The summed E-state index contributed by atoms with van der Waals surface area (Å²) in [6, 6.07) is 6.34. The van der Waals surface area contributed by atoms with Gasteiger partial charge in [0.05, 0.1) is 37.9 Å². The lowest BCUT2D eigenvalue weighted by molar-refractivity contribution is -0.136. The van der Waals surface area contributed by atoms with Crippen molar-refractivity contribution in [1.29, 1.82) is 5.26 Å². The van der Waals surface area contributed by atoms with Crippen molar-refractivity contribution < 1.29 is 13.9 Å². The number of nitrogens with one attached hydrogen (secondary N) is 1. The van der Waals surface area contributed by atoms with Crippen molar-refractivity contribution in [3.05, 3.63) is 35.1 Å². The average Bonchev–Trinajstić information content (AvgIpc) is 2.79. The predicted octanol–water partition coefficient (Wildman–Crippen LogP) is 1.26. The van der Waals surface area contributed by atoms with Gasteiger partial charge < -0.3 is 19.9 Å². The van der Waals surface area contributed by atoms with E-state index in [1.165, 1.54) is 18.2 Å². The van der Waals surface area contributed by atoms with Gasteiger partial charge in [0.15, 0.2) is 5.96 Å². The van der Waals surface area contributed by atoms with Crippen molar-refractivity contribution in [2.24, 2.45) is 4.99 Å². The molecule has 0 radical (unpaired) electrons. The fraction of sp³-hybridized carbons (Fsp3) is 0.571. The van der Waals surface area contributed by atoms with Gasteiger partial charge in [0.25, 0.3) is 0 Å². The highest BCUT2D eigenvalue weighted by atomic mass is 127. The summed E-state index contributed by atoms with van der Waals surface area (Å²) < 4.78 is 19.4. The Morgan fingerprint density at radius 2 is 1.90 bits per heavy atom. The number of nitriles is 1. The molecule has 31 heavy (non-hydrogen) atoms. The van der Waals surface area contributed by atoms with Gasteiger partial charge in [-0.05, 0) is 25.1 Å². The second-order valence-corrected chi connectivity index (χ2v) is 7.34. The molecule has 3 rings (SSSR count). The van der Waals surface area contributed by atoms with Crippen molar-refractivity contribution in [1.82, 2.24) is 20.0 Å². The number of rotatable bonds is 5. The minimum Gasteiger partial charge on any atom is -0.378 e. The summed E-state index contributed by atoms with van der Waals surface area (Å²) >= 11 is 0.